The van der Waals surface area contributed by atoms with Crippen LogP contribution in [0.25, 0.3) is 0 Å². The van der Waals surface area contributed by atoms with Crippen molar-refractivity contribution in [1.82, 2.24) is 24.6 Å². The van der Waals surface area contributed by atoms with Gasteiger partial charge in [-0.3, -0.25) is 9.69 Å². The minimum Gasteiger partial charge on any atom is -0.464 e. The Balaban J connectivity index is 1.24. The average molecular weight is 412 g/mol. The molecule has 2 fully saturated rings. The Bertz CT molecular complexity index is 884. The maximum atomic E-state index is 13.2. The number of rotatable bonds is 6. The number of furan rings is 1. The number of carbonyl (C=O) groups excluding carboxylic acids is 1. The first-order chi connectivity index (χ1) is 14.7. The number of fused-ring (bicyclic) bond motifs is 1. The predicted molar refractivity (Wildman–Crippen MR) is 113 cm³/mol. The summed E-state index contributed by atoms with van der Waals surface area (Å²) in [5.41, 5.74) is 0. The third-order valence-corrected chi connectivity index (χ3v) is 6.80. The van der Waals surface area contributed by atoms with Crippen molar-refractivity contribution < 1.29 is 9.21 Å². The van der Waals surface area contributed by atoms with Crippen molar-refractivity contribution in [3.8, 4) is 0 Å². The van der Waals surface area contributed by atoms with Crippen LogP contribution in [-0.2, 0) is 24.3 Å². The fourth-order valence-electron chi connectivity index (χ4n) is 5.05. The third-order valence-electron chi connectivity index (χ3n) is 6.80. The summed E-state index contributed by atoms with van der Waals surface area (Å²) in [6.07, 6.45) is 9.23. The summed E-state index contributed by atoms with van der Waals surface area (Å²) >= 11 is 0. The van der Waals surface area contributed by atoms with Gasteiger partial charge in [-0.05, 0) is 64.1 Å². The fraction of sp³-hybridized carbons (Fsp3) is 0.696. The summed E-state index contributed by atoms with van der Waals surface area (Å²) in [5.74, 6) is 4.70. The van der Waals surface area contributed by atoms with Gasteiger partial charge in [-0.2, -0.15) is 0 Å². The second kappa shape index (κ2) is 8.53. The van der Waals surface area contributed by atoms with E-state index in [1.165, 1.54) is 19.3 Å². The largest absolute Gasteiger partial charge is 0.464 e. The van der Waals surface area contributed by atoms with Crippen LogP contribution in [0.4, 0.5) is 0 Å². The van der Waals surface area contributed by atoms with Gasteiger partial charge in [-0.15, -0.1) is 10.2 Å². The molecule has 0 aromatic carbocycles. The predicted octanol–water partition coefficient (Wildman–Crippen LogP) is 3.28. The number of carbonyl (C=O) groups is 1. The van der Waals surface area contributed by atoms with Gasteiger partial charge in [0.1, 0.15) is 23.2 Å². The minimum absolute atomic E-state index is 0.229. The molecule has 1 atom stereocenters. The number of hydrogen-bond acceptors (Lipinski definition) is 5. The standard InChI is InChI=1S/C23H33N5O2/c1-17-8-11-20(30-17)15-28(19-9-10-19)22(29)16-26-12-5-6-18(14-26)23-25-24-21-7-3-2-4-13-27(21)23/h8,11,18-19H,2-7,9-10,12-16H2,1H3. The Kier molecular flexibility index (Phi) is 5.63. The Labute approximate surface area is 178 Å². The summed E-state index contributed by atoms with van der Waals surface area (Å²) in [6.45, 7) is 5.97. The maximum Gasteiger partial charge on any atom is 0.237 e. The first-order valence-electron chi connectivity index (χ1n) is 11.7. The quantitative estimate of drug-likeness (QED) is 0.730. The molecule has 0 radical (unpaired) electrons. The Morgan fingerprint density at radius 1 is 1.13 bits per heavy atom. The topological polar surface area (TPSA) is 67.4 Å². The van der Waals surface area contributed by atoms with Gasteiger partial charge in [0.05, 0.1) is 13.1 Å². The van der Waals surface area contributed by atoms with Crippen LogP contribution in [0.15, 0.2) is 16.5 Å². The highest BCUT2D eigenvalue weighted by atomic mass is 16.3. The molecule has 0 bridgehead atoms. The number of nitrogens with zero attached hydrogens (tertiary/aromatic N) is 5. The molecular formula is C23H33N5O2. The molecule has 30 heavy (non-hydrogen) atoms. The summed E-state index contributed by atoms with van der Waals surface area (Å²) in [4.78, 5) is 17.5. The Morgan fingerprint density at radius 3 is 2.83 bits per heavy atom. The van der Waals surface area contributed by atoms with E-state index in [-0.39, 0.29) is 5.91 Å². The zero-order valence-electron chi connectivity index (χ0n) is 18.1. The molecule has 1 aliphatic carbocycles. The van der Waals surface area contributed by atoms with E-state index < -0.39 is 0 Å². The first-order valence-corrected chi connectivity index (χ1v) is 11.7. The van der Waals surface area contributed by atoms with Crippen LogP contribution >= 0.6 is 0 Å². The van der Waals surface area contributed by atoms with E-state index in [9.17, 15) is 4.79 Å². The van der Waals surface area contributed by atoms with Crippen molar-refractivity contribution >= 4 is 5.91 Å². The lowest BCUT2D eigenvalue weighted by atomic mass is 9.97. The maximum absolute atomic E-state index is 13.2. The number of amides is 1. The SMILES string of the molecule is Cc1ccc(CN(C(=O)CN2CCCC(c3nnc4n3CCCCC4)C2)C2CC2)o1. The molecule has 7 nitrogen and oxygen atoms in total. The molecule has 2 aliphatic heterocycles. The molecule has 1 saturated heterocycles. The Hall–Kier alpha value is -2.15. The van der Waals surface area contributed by atoms with Crippen LogP contribution in [0.2, 0.25) is 0 Å². The van der Waals surface area contributed by atoms with Gasteiger partial charge in [-0.25, -0.2) is 0 Å². The van der Waals surface area contributed by atoms with Gasteiger partial charge >= 0.3 is 0 Å². The van der Waals surface area contributed by atoms with E-state index in [2.05, 4.69) is 19.7 Å². The van der Waals surface area contributed by atoms with E-state index in [4.69, 9.17) is 4.42 Å². The van der Waals surface area contributed by atoms with Crippen LogP contribution in [0.5, 0.6) is 0 Å². The molecule has 3 aliphatic rings. The van der Waals surface area contributed by atoms with E-state index in [1.807, 2.05) is 24.0 Å². The van der Waals surface area contributed by atoms with Crippen LogP contribution in [-0.4, -0.2) is 56.1 Å². The molecule has 4 heterocycles. The molecule has 7 heteroatoms. The normalized spacial score (nSPS) is 22.5. The van der Waals surface area contributed by atoms with Crippen molar-refractivity contribution in [2.24, 2.45) is 0 Å². The van der Waals surface area contributed by atoms with E-state index in [0.717, 1.165) is 74.9 Å². The van der Waals surface area contributed by atoms with Crippen molar-refractivity contribution in [1.29, 1.82) is 0 Å². The highest BCUT2D eigenvalue weighted by Crippen LogP contribution is 2.31. The molecule has 162 valence electrons. The highest BCUT2D eigenvalue weighted by Gasteiger charge is 2.35. The smallest absolute Gasteiger partial charge is 0.237 e. The van der Waals surface area contributed by atoms with Crippen LogP contribution < -0.4 is 0 Å². The van der Waals surface area contributed by atoms with E-state index in [0.29, 0.717) is 25.0 Å². The Morgan fingerprint density at radius 2 is 2.03 bits per heavy atom. The molecule has 2 aromatic rings. The third kappa shape index (κ3) is 4.31. The van der Waals surface area contributed by atoms with Gasteiger partial charge in [0.2, 0.25) is 5.91 Å². The lowest BCUT2D eigenvalue weighted by Gasteiger charge is -2.33. The number of aryl methyl sites for hydroxylation is 2. The van der Waals surface area contributed by atoms with Gasteiger partial charge in [0, 0.05) is 31.5 Å². The van der Waals surface area contributed by atoms with Gasteiger partial charge < -0.3 is 13.9 Å². The first kappa shape index (κ1) is 19.8. The van der Waals surface area contributed by atoms with Gasteiger partial charge in [0.15, 0.2) is 0 Å². The highest BCUT2D eigenvalue weighted by molar-refractivity contribution is 5.79. The minimum atomic E-state index is 0.229. The molecule has 1 saturated carbocycles. The molecule has 1 unspecified atom stereocenters. The van der Waals surface area contributed by atoms with Crippen molar-refractivity contribution in [3.63, 3.8) is 0 Å². The molecule has 0 spiro atoms. The summed E-state index contributed by atoms with van der Waals surface area (Å²) in [6, 6.07) is 4.35. The number of likely N-dealkylation sites (tertiary alicyclic amines) is 1. The van der Waals surface area contributed by atoms with Crippen molar-refractivity contribution in [2.75, 3.05) is 19.6 Å². The number of aromatic nitrogens is 3. The summed E-state index contributed by atoms with van der Waals surface area (Å²) in [5, 5.41) is 9.08. The zero-order chi connectivity index (χ0) is 20.5. The summed E-state index contributed by atoms with van der Waals surface area (Å²) in [7, 11) is 0. The lowest BCUT2D eigenvalue weighted by Crippen LogP contribution is -2.44. The molecule has 0 N–H and O–H groups in total. The molecule has 2 aromatic heterocycles. The van der Waals surface area contributed by atoms with Crippen LogP contribution in [0, 0.1) is 6.92 Å². The molecular weight excluding hydrogens is 378 g/mol. The van der Waals surface area contributed by atoms with Gasteiger partial charge in [0.25, 0.3) is 0 Å². The fourth-order valence-corrected chi connectivity index (χ4v) is 5.05. The van der Waals surface area contributed by atoms with Crippen LogP contribution in [0.3, 0.4) is 0 Å². The van der Waals surface area contributed by atoms with E-state index in [1.54, 1.807) is 0 Å². The van der Waals surface area contributed by atoms with E-state index >= 15 is 0 Å². The summed E-state index contributed by atoms with van der Waals surface area (Å²) < 4.78 is 8.11. The zero-order valence-corrected chi connectivity index (χ0v) is 18.1. The molecule has 5 rings (SSSR count). The van der Waals surface area contributed by atoms with Crippen LogP contribution in [0.1, 0.15) is 74.0 Å². The second-order valence-corrected chi connectivity index (χ2v) is 9.28. The lowest BCUT2D eigenvalue weighted by molar-refractivity contribution is -0.134. The number of hydrogen-bond donors (Lipinski definition) is 0. The van der Waals surface area contributed by atoms with Gasteiger partial charge in [-0.1, -0.05) is 6.42 Å². The van der Waals surface area contributed by atoms with Crippen molar-refractivity contribution in [2.45, 2.75) is 83.3 Å². The molecule has 1 amide bonds. The second-order valence-electron chi connectivity index (χ2n) is 9.28. The number of piperidine rings is 1. The monoisotopic (exact) mass is 411 g/mol. The average Bonchev–Trinajstić information content (AvgIpc) is 3.44. The van der Waals surface area contributed by atoms with Crippen molar-refractivity contribution in [3.05, 3.63) is 35.3 Å².